The number of carbonyl (C=O) groups is 1. The maximum Gasteiger partial charge on any atom is 0.254 e. The van der Waals surface area contributed by atoms with E-state index in [0.717, 1.165) is 4.47 Å². The van der Waals surface area contributed by atoms with Crippen LogP contribution in [0.25, 0.3) is 0 Å². The van der Waals surface area contributed by atoms with Crippen LogP contribution < -0.4 is 10.5 Å². The van der Waals surface area contributed by atoms with E-state index in [4.69, 9.17) is 15.2 Å². The molecule has 0 spiro atoms. The van der Waals surface area contributed by atoms with Crippen LogP contribution in [0.3, 0.4) is 0 Å². The number of nitrogens with two attached hydrogens (primary N) is 1. The van der Waals surface area contributed by atoms with E-state index in [2.05, 4.69) is 15.9 Å². The predicted molar refractivity (Wildman–Crippen MR) is 75.4 cm³/mol. The normalized spacial score (nSPS) is 19.3. The van der Waals surface area contributed by atoms with Gasteiger partial charge in [0.2, 0.25) is 0 Å². The lowest BCUT2D eigenvalue weighted by Crippen LogP contribution is -2.48. The number of morpholine rings is 1. The van der Waals surface area contributed by atoms with E-state index in [1.807, 2.05) is 0 Å². The lowest BCUT2D eigenvalue weighted by atomic mass is 10.1. The molecule has 1 aliphatic rings. The molecule has 0 aliphatic carbocycles. The van der Waals surface area contributed by atoms with Crippen molar-refractivity contribution in [2.75, 3.05) is 33.4 Å². The Morgan fingerprint density at radius 3 is 3.05 bits per heavy atom. The molecule has 0 aromatic heterocycles. The zero-order chi connectivity index (χ0) is 13.8. The molecule has 1 aromatic carbocycles. The summed E-state index contributed by atoms with van der Waals surface area (Å²) < 4.78 is 11.4. The van der Waals surface area contributed by atoms with E-state index >= 15 is 0 Å². The minimum atomic E-state index is -0.0700. The molecule has 104 valence electrons. The Hall–Kier alpha value is -1.11. The Balaban J connectivity index is 2.12. The third-order valence-corrected chi connectivity index (χ3v) is 3.71. The molecule has 19 heavy (non-hydrogen) atoms. The third-order valence-electron chi connectivity index (χ3n) is 3.09. The molecule has 0 saturated carbocycles. The number of halogens is 1. The van der Waals surface area contributed by atoms with Crippen molar-refractivity contribution in [2.45, 2.75) is 6.10 Å². The van der Waals surface area contributed by atoms with Crippen LogP contribution in [0.5, 0.6) is 5.75 Å². The van der Waals surface area contributed by atoms with Crippen molar-refractivity contribution in [2.24, 2.45) is 5.73 Å². The Kier molecular flexibility index (Phi) is 4.79. The molecular weight excluding hydrogens is 312 g/mol. The molecular formula is C13H17BrN2O3. The van der Waals surface area contributed by atoms with Gasteiger partial charge in [-0.2, -0.15) is 0 Å². The number of methoxy groups -OCH3 is 1. The highest BCUT2D eigenvalue weighted by Gasteiger charge is 2.24. The van der Waals surface area contributed by atoms with Gasteiger partial charge in [0.25, 0.3) is 5.91 Å². The number of carbonyl (C=O) groups excluding carboxylic acids is 1. The summed E-state index contributed by atoms with van der Waals surface area (Å²) >= 11 is 3.38. The van der Waals surface area contributed by atoms with Gasteiger partial charge in [0.15, 0.2) is 0 Å². The van der Waals surface area contributed by atoms with Gasteiger partial charge in [-0.1, -0.05) is 0 Å². The molecule has 0 bridgehead atoms. The van der Waals surface area contributed by atoms with Crippen LogP contribution in [-0.2, 0) is 4.74 Å². The first kappa shape index (κ1) is 14.3. The lowest BCUT2D eigenvalue weighted by molar-refractivity contribution is -0.0167. The monoisotopic (exact) mass is 328 g/mol. The van der Waals surface area contributed by atoms with Crippen molar-refractivity contribution in [1.82, 2.24) is 4.90 Å². The fraction of sp³-hybridized carbons (Fsp3) is 0.462. The summed E-state index contributed by atoms with van der Waals surface area (Å²) in [5, 5.41) is 0. The average molecular weight is 329 g/mol. The molecule has 1 saturated heterocycles. The minimum absolute atomic E-state index is 0.00916. The van der Waals surface area contributed by atoms with Crippen LogP contribution in [0.2, 0.25) is 0 Å². The minimum Gasteiger partial charge on any atom is -0.496 e. The van der Waals surface area contributed by atoms with Crippen LogP contribution in [0, 0.1) is 0 Å². The SMILES string of the molecule is COc1ccc(C(=O)N2CCOC(CN)C2)cc1Br. The summed E-state index contributed by atoms with van der Waals surface area (Å²) in [6, 6.07) is 5.31. The van der Waals surface area contributed by atoms with E-state index in [1.54, 1.807) is 30.2 Å². The van der Waals surface area contributed by atoms with Gasteiger partial charge in [-0.3, -0.25) is 4.79 Å². The van der Waals surface area contributed by atoms with Gasteiger partial charge in [-0.15, -0.1) is 0 Å². The second-order valence-electron chi connectivity index (χ2n) is 4.33. The Labute approximate surface area is 120 Å². The predicted octanol–water partition coefficient (Wildman–Crippen LogP) is 1.26. The first-order valence-corrected chi connectivity index (χ1v) is 6.89. The Morgan fingerprint density at radius 2 is 2.42 bits per heavy atom. The topological polar surface area (TPSA) is 64.8 Å². The van der Waals surface area contributed by atoms with Crippen LogP contribution >= 0.6 is 15.9 Å². The highest BCUT2D eigenvalue weighted by molar-refractivity contribution is 9.10. The molecule has 1 amide bonds. The standard InChI is InChI=1S/C13H17BrN2O3/c1-18-12-3-2-9(6-11(12)14)13(17)16-4-5-19-10(7-15)8-16/h2-3,6,10H,4-5,7-8,15H2,1H3. The number of hydrogen-bond acceptors (Lipinski definition) is 4. The number of ether oxygens (including phenoxy) is 2. The number of nitrogens with zero attached hydrogens (tertiary/aromatic N) is 1. The van der Waals surface area contributed by atoms with Crippen LogP contribution in [-0.4, -0.2) is 50.3 Å². The molecule has 2 N–H and O–H groups in total. The number of amides is 1. The van der Waals surface area contributed by atoms with Crippen LogP contribution in [0.1, 0.15) is 10.4 Å². The molecule has 1 aliphatic heterocycles. The fourth-order valence-corrected chi connectivity index (χ4v) is 2.57. The number of rotatable bonds is 3. The van der Waals surface area contributed by atoms with Gasteiger partial charge in [-0.25, -0.2) is 0 Å². The van der Waals surface area contributed by atoms with Crippen molar-refractivity contribution in [3.05, 3.63) is 28.2 Å². The number of hydrogen-bond donors (Lipinski definition) is 1. The molecule has 1 atom stereocenters. The highest BCUT2D eigenvalue weighted by Crippen LogP contribution is 2.26. The zero-order valence-electron chi connectivity index (χ0n) is 10.8. The Morgan fingerprint density at radius 1 is 1.63 bits per heavy atom. The van der Waals surface area contributed by atoms with Crippen molar-refractivity contribution >= 4 is 21.8 Å². The van der Waals surface area contributed by atoms with Gasteiger partial charge in [0.1, 0.15) is 5.75 Å². The molecule has 1 fully saturated rings. The lowest BCUT2D eigenvalue weighted by Gasteiger charge is -2.32. The second kappa shape index (κ2) is 6.36. The summed E-state index contributed by atoms with van der Waals surface area (Å²) in [6.45, 7) is 2.10. The van der Waals surface area contributed by atoms with Crippen molar-refractivity contribution in [1.29, 1.82) is 0 Å². The van der Waals surface area contributed by atoms with Crippen molar-refractivity contribution < 1.29 is 14.3 Å². The molecule has 0 radical (unpaired) electrons. The van der Waals surface area contributed by atoms with Gasteiger partial charge < -0.3 is 20.1 Å². The van der Waals surface area contributed by atoms with E-state index < -0.39 is 0 Å². The van der Waals surface area contributed by atoms with E-state index in [-0.39, 0.29) is 12.0 Å². The van der Waals surface area contributed by atoms with Crippen LogP contribution in [0.4, 0.5) is 0 Å². The van der Waals surface area contributed by atoms with Gasteiger partial charge in [0.05, 0.1) is 24.3 Å². The summed E-state index contributed by atoms with van der Waals surface area (Å²) in [5.74, 6) is 0.698. The maximum absolute atomic E-state index is 12.4. The van der Waals surface area contributed by atoms with Crippen molar-refractivity contribution in [3.8, 4) is 5.75 Å². The van der Waals surface area contributed by atoms with Crippen molar-refractivity contribution in [3.63, 3.8) is 0 Å². The van der Waals surface area contributed by atoms with E-state index in [9.17, 15) is 4.79 Å². The maximum atomic E-state index is 12.4. The summed E-state index contributed by atoms with van der Waals surface area (Å²) in [5.41, 5.74) is 6.21. The average Bonchev–Trinajstić information content (AvgIpc) is 2.46. The zero-order valence-corrected chi connectivity index (χ0v) is 12.4. The molecule has 1 heterocycles. The number of benzene rings is 1. The Bertz CT molecular complexity index is 467. The van der Waals surface area contributed by atoms with Crippen LogP contribution in [0.15, 0.2) is 22.7 Å². The van der Waals surface area contributed by atoms with E-state index in [0.29, 0.717) is 37.6 Å². The summed E-state index contributed by atoms with van der Waals surface area (Å²) in [6.07, 6.45) is -0.0700. The molecule has 1 unspecified atom stereocenters. The first-order chi connectivity index (χ1) is 9.15. The quantitative estimate of drug-likeness (QED) is 0.907. The third kappa shape index (κ3) is 3.26. The largest absolute Gasteiger partial charge is 0.496 e. The smallest absolute Gasteiger partial charge is 0.254 e. The second-order valence-corrected chi connectivity index (χ2v) is 5.18. The molecule has 5 nitrogen and oxygen atoms in total. The molecule has 2 rings (SSSR count). The highest BCUT2D eigenvalue weighted by atomic mass is 79.9. The first-order valence-electron chi connectivity index (χ1n) is 6.10. The van der Waals surface area contributed by atoms with E-state index in [1.165, 1.54) is 0 Å². The summed E-state index contributed by atoms with van der Waals surface area (Å²) in [7, 11) is 1.59. The summed E-state index contributed by atoms with van der Waals surface area (Å²) in [4.78, 5) is 14.2. The fourth-order valence-electron chi connectivity index (χ4n) is 2.03. The van der Waals surface area contributed by atoms with Gasteiger partial charge in [0, 0.05) is 25.2 Å². The molecule has 1 aromatic rings. The van der Waals surface area contributed by atoms with Gasteiger partial charge in [-0.05, 0) is 34.1 Å². The van der Waals surface area contributed by atoms with Gasteiger partial charge >= 0.3 is 0 Å². The molecule has 6 heteroatoms.